The number of aromatic nitrogens is 2. The van der Waals surface area contributed by atoms with E-state index < -0.39 is 0 Å². The van der Waals surface area contributed by atoms with Crippen molar-refractivity contribution in [1.82, 2.24) is 9.97 Å². The van der Waals surface area contributed by atoms with Gasteiger partial charge < -0.3 is 5.32 Å². The van der Waals surface area contributed by atoms with Crippen molar-refractivity contribution in [3.8, 4) is 0 Å². The summed E-state index contributed by atoms with van der Waals surface area (Å²) in [7, 11) is 1.93. The van der Waals surface area contributed by atoms with Crippen LogP contribution < -0.4 is 5.32 Å². The van der Waals surface area contributed by atoms with E-state index in [-0.39, 0.29) is 0 Å². The van der Waals surface area contributed by atoms with Crippen LogP contribution in [0.1, 0.15) is 57.5 Å². The van der Waals surface area contributed by atoms with Crippen molar-refractivity contribution in [1.29, 1.82) is 0 Å². The molecule has 0 aromatic carbocycles. The number of nitrogens with zero attached hydrogens (tertiary/aromatic N) is 2. The van der Waals surface area contributed by atoms with Crippen molar-refractivity contribution in [3.63, 3.8) is 0 Å². The highest BCUT2D eigenvalue weighted by molar-refractivity contribution is 5.36. The molecule has 2 rings (SSSR count). The van der Waals surface area contributed by atoms with E-state index in [0.29, 0.717) is 11.8 Å². The monoisotopic (exact) mass is 247 g/mol. The molecule has 0 saturated heterocycles. The van der Waals surface area contributed by atoms with Crippen molar-refractivity contribution in [2.45, 2.75) is 52.4 Å². The van der Waals surface area contributed by atoms with Crippen LogP contribution in [0.2, 0.25) is 0 Å². The van der Waals surface area contributed by atoms with E-state index in [1.807, 2.05) is 7.05 Å². The zero-order chi connectivity index (χ0) is 13.1. The van der Waals surface area contributed by atoms with Gasteiger partial charge in [0.2, 0.25) is 0 Å². The highest BCUT2D eigenvalue weighted by atomic mass is 15.0. The SMILES string of the molecule is CNc1cc(CC(C)C)nc(C2CCC(C)C2)n1. The van der Waals surface area contributed by atoms with Gasteiger partial charge in [0, 0.05) is 24.7 Å². The van der Waals surface area contributed by atoms with Crippen LogP contribution >= 0.6 is 0 Å². The van der Waals surface area contributed by atoms with Gasteiger partial charge in [0.25, 0.3) is 0 Å². The van der Waals surface area contributed by atoms with E-state index in [1.54, 1.807) is 0 Å². The van der Waals surface area contributed by atoms with Gasteiger partial charge in [0.1, 0.15) is 11.6 Å². The van der Waals surface area contributed by atoms with Crippen LogP contribution in [-0.4, -0.2) is 17.0 Å². The predicted octanol–water partition coefficient (Wildman–Crippen LogP) is 3.62. The van der Waals surface area contributed by atoms with Gasteiger partial charge in [0.15, 0.2) is 0 Å². The molecule has 0 spiro atoms. The summed E-state index contributed by atoms with van der Waals surface area (Å²) in [5.74, 6) is 4.06. The quantitative estimate of drug-likeness (QED) is 0.883. The van der Waals surface area contributed by atoms with Crippen molar-refractivity contribution in [2.75, 3.05) is 12.4 Å². The molecule has 0 aliphatic heterocycles. The van der Waals surface area contributed by atoms with Crippen LogP contribution in [0.5, 0.6) is 0 Å². The Morgan fingerprint density at radius 2 is 2.11 bits per heavy atom. The summed E-state index contributed by atoms with van der Waals surface area (Å²) in [5, 5.41) is 3.16. The Balaban J connectivity index is 2.23. The lowest BCUT2D eigenvalue weighted by atomic mass is 10.0. The highest BCUT2D eigenvalue weighted by Gasteiger charge is 2.25. The Morgan fingerprint density at radius 3 is 2.67 bits per heavy atom. The minimum Gasteiger partial charge on any atom is -0.373 e. The molecule has 2 unspecified atom stereocenters. The molecule has 18 heavy (non-hydrogen) atoms. The van der Waals surface area contributed by atoms with Crippen LogP contribution in [0.4, 0.5) is 5.82 Å². The van der Waals surface area contributed by atoms with Gasteiger partial charge in [-0.3, -0.25) is 0 Å². The summed E-state index contributed by atoms with van der Waals surface area (Å²) in [6.07, 6.45) is 4.84. The minimum absolute atomic E-state index is 0.569. The molecular weight excluding hydrogens is 222 g/mol. The topological polar surface area (TPSA) is 37.8 Å². The first-order valence-electron chi connectivity index (χ1n) is 7.14. The predicted molar refractivity (Wildman–Crippen MR) is 75.9 cm³/mol. The minimum atomic E-state index is 0.569. The molecule has 0 amide bonds. The van der Waals surface area contributed by atoms with Gasteiger partial charge in [0.05, 0.1) is 0 Å². The third kappa shape index (κ3) is 3.21. The first-order chi connectivity index (χ1) is 8.58. The first kappa shape index (κ1) is 13.3. The van der Waals surface area contributed by atoms with Crippen LogP contribution in [0.15, 0.2) is 6.07 Å². The number of anilines is 1. The fraction of sp³-hybridized carbons (Fsp3) is 0.733. The van der Waals surface area contributed by atoms with E-state index in [2.05, 4.69) is 37.1 Å². The van der Waals surface area contributed by atoms with E-state index in [0.717, 1.165) is 24.0 Å². The molecule has 3 nitrogen and oxygen atoms in total. The van der Waals surface area contributed by atoms with Crippen molar-refractivity contribution >= 4 is 5.82 Å². The average molecular weight is 247 g/mol. The molecule has 1 aliphatic rings. The zero-order valence-electron chi connectivity index (χ0n) is 12.0. The summed E-state index contributed by atoms with van der Waals surface area (Å²) in [4.78, 5) is 9.44. The van der Waals surface area contributed by atoms with Gasteiger partial charge in [-0.15, -0.1) is 0 Å². The maximum absolute atomic E-state index is 4.79. The molecular formula is C15H25N3. The van der Waals surface area contributed by atoms with E-state index in [9.17, 15) is 0 Å². The molecule has 0 radical (unpaired) electrons. The second-order valence-electron chi connectivity index (χ2n) is 6.07. The molecule has 1 fully saturated rings. The molecule has 1 heterocycles. The molecule has 1 saturated carbocycles. The van der Waals surface area contributed by atoms with Crippen molar-refractivity contribution < 1.29 is 0 Å². The van der Waals surface area contributed by atoms with Gasteiger partial charge in [-0.2, -0.15) is 0 Å². The second kappa shape index (κ2) is 5.68. The summed E-state index contributed by atoms with van der Waals surface area (Å²) in [6.45, 7) is 6.80. The Bertz CT molecular complexity index is 401. The number of hydrogen-bond donors (Lipinski definition) is 1. The normalized spacial score (nSPS) is 23.6. The lowest BCUT2D eigenvalue weighted by Gasteiger charge is -2.13. The van der Waals surface area contributed by atoms with Gasteiger partial charge >= 0.3 is 0 Å². The third-order valence-corrected chi connectivity index (χ3v) is 3.73. The number of hydrogen-bond acceptors (Lipinski definition) is 3. The molecule has 0 bridgehead atoms. The average Bonchev–Trinajstić information content (AvgIpc) is 2.74. The lowest BCUT2D eigenvalue weighted by molar-refractivity contribution is 0.578. The van der Waals surface area contributed by atoms with Gasteiger partial charge in [-0.25, -0.2) is 9.97 Å². The Morgan fingerprint density at radius 1 is 1.33 bits per heavy atom. The maximum Gasteiger partial charge on any atom is 0.134 e. The van der Waals surface area contributed by atoms with Crippen LogP contribution in [0.3, 0.4) is 0 Å². The summed E-state index contributed by atoms with van der Waals surface area (Å²) >= 11 is 0. The molecule has 1 N–H and O–H groups in total. The lowest BCUT2D eigenvalue weighted by Crippen LogP contribution is -2.08. The standard InChI is InChI=1S/C15H25N3/c1-10(2)7-13-9-14(16-4)18-15(17-13)12-6-5-11(3)8-12/h9-12H,5-8H2,1-4H3,(H,16,17,18). The Hall–Kier alpha value is -1.12. The van der Waals surface area contributed by atoms with E-state index in [1.165, 1.54) is 25.0 Å². The molecule has 1 aromatic heterocycles. The van der Waals surface area contributed by atoms with Gasteiger partial charge in [-0.05, 0) is 37.5 Å². The summed E-state index contributed by atoms with van der Waals surface area (Å²) in [6, 6.07) is 2.09. The largest absolute Gasteiger partial charge is 0.373 e. The van der Waals surface area contributed by atoms with E-state index in [4.69, 9.17) is 4.98 Å². The Labute approximate surface area is 110 Å². The molecule has 3 heteroatoms. The number of nitrogens with one attached hydrogen (secondary N) is 1. The zero-order valence-corrected chi connectivity index (χ0v) is 12.0. The van der Waals surface area contributed by atoms with Crippen LogP contribution in [0, 0.1) is 11.8 Å². The van der Waals surface area contributed by atoms with Crippen molar-refractivity contribution in [2.24, 2.45) is 11.8 Å². The first-order valence-corrected chi connectivity index (χ1v) is 7.14. The van der Waals surface area contributed by atoms with Crippen LogP contribution in [-0.2, 0) is 6.42 Å². The third-order valence-electron chi connectivity index (χ3n) is 3.73. The summed E-state index contributed by atoms with van der Waals surface area (Å²) in [5.41, 5.74) is 1.18. The Kier molecular flexibility index (Phi) is 4.20. The molecule has 2 atom stereocenters. The smallest absolute Gasteiger partial charge is 0.134 e. The second-order valence-corrected chi connectivity index (χ2v) is 6.07. The molecule has 100 valence electrons. The highest BCUT2D eigenvalue weighted by Crippen LogP contribution is 2.36. The molecule has 1 aromatic rings. The fourth-order valence-electron chi connectivity index (χ4n) is 2.79. The molecule has 1 aliphatic carbocycles. The van der Waals surface area contributed by atoms with Crippen molar-refractivity contribution in [3.05, 3.63) is 17.6 Å². The summed E-state index contributed by atoms with van der Waals surface area (Å²) < 4.78 is 0. The van der Waals surface area contributed by atoms with Gasteiger partial charge in [-0.1, -0.05) is 20.8 Å². The van der Waals surface area contributed by atoms with Crippen LogP contribution in [0.25, 0.3) is 0 Å². The fourth-order valence-corrected chi connectivity index (χ4v) is 2.79. The maximum atomic E-state index is 4.79. The van der Waals surface area contributed by atoms with E-state index >= 15 is 0 Å². The number of rotatable bonds is 4.